The van der Waals surface area contributed by atoms with Crippen molar-refractivity contribution in [1.29, 1.82) is 0 Å². The molecule has 1 aliphatic heterocycles. The van der Waals surface area contributed by atoms with Crippen LogP contribution in [0.15, 0.2) is 60.8 Å². The van der Waals surface area contributed by atoms with Gasteiger partial charge in [-0.25, -0.2) is 4.68 Å². The second kappa shape index (κ2) is 8.40. The number of rotatable bonds is 5. The van der Waals surface area contributed by atoms with Crippen molar-refractivity contribution < 1.29 is 4.79 Å². The van der Waals surface area contributed by atoms with Gasteiger partial charge < -0.3 is 10.6 Å². The molecule has 2 heterocycles. The van der Waals surface area contributed by atoms with E-state index in [0.717, 1.165) is 30.8 Å². The molecule has 1 saturated heterocycles. The highest BCUT2D eigenvalue weighted by Gasteiger charge is 2.20. The van der Waals surface area contributed by atoms with Crippen molar-refractivity contribution in [3.8, 4) is 16.9 Å². The topological polar surface area (TPSA) is 59.0 Å². The fraction of sp³-hybridized carbons (Fsp3) is 0.304. The Bertz CT molecular complexity index is 925. The zero-order valence-electron chi connectivity index (χ0n) is 16.2. The maximum absolute atomic E-state index is 13.0. The highest BCUT2D eigenvalue weighted by molar-refractivity contribution is 5.99. The van der Waals surface area contributed by atoms with Gasteiger partial charge in [-0.05, 0) is 50.9 Å². The van der Waals surface area contributed by atoms with Gasteiger partial charge >= 0.3 is 0 Å². The molecule has 1 atom stereocenters. The van der Waals surface area contributed by atoms with Crippen molar-refractivity contribution in [3.05, 3.63) is 71.9 Å². The molecule has 28 heavy (non-hydrogen) atoms. The second-order valence-electron chi connectivity index (χ2n) is 7.46. The molecule has 1 aromatic heterocycles. The fourth-order valence-electron chi connectivity index (χ4n) is 3.61. The number of amides is 1. The van der Waals surface area contributed by atoms with Crippen LogP contribution in [0.5, 0.6) is 0 Å². The van der Waals surface area contributed by atoms with Crippen LogP contribution in [0.1, 0.15) is 28.8 Å². The van der Waals surface area contributed by atoms with Crippen molar-refractivity contribution in [2.24, 2.45) is 5.92 Å². The number of nitrogens with zero attached hydrogens (tertiary/aromatic N) is 2. The van der Waals surface area contributed by atoms with E-state index in [1.807, 2.05) is 48.7 Å². The van der Waals surface area contributed by atoms with Crippen LogP contribution >= 0.6 is 0 Å². The van der Waals surface area contributed by atoms with Crippen molar-refractivity contribution in [2.75, 3.05) is 19.6 Å². The van der Waals surface area contributed by atoms with Crippen molar-refractivity contribution in [2.45, 2.75) is 19.8 Å². The Hall–Kier alpha value is -2.92. The Labute approximate surface area is 165 Å². The van der Waals surface area contributed by atoms with E-state index in [0.29, 0.717) is 23.7 Å². The van der Waals surface area contributed by atoms with Gasteiger partial charge in [0, 0.05) is 18.3 Å². The van der Waals surface area contributed by atoms with Gasteiger partial charge in [-0.1, -0.05) is 48.0 Å². The van der Waals surface area contributed by atoms with E-state index in [-0.39, 0.29) is 5.91 Å². The van der Waals surface area contributed by atoms with Crippen LogP contribution in [0.3, 0.4) is 0 Å². The summed E-state index contributed by atoms with van der Waals surface area (Å²) < 4.78 is 1.79. The second-order valence-corrected chi connectivity index (χ2v) is 7.46. The van der Waals surface area contributed by atoms with Crippen LogP contribution < -0.4 is 10.6 Å². The predicted molar refractivity (Wildman–Crippen MR) is 112 cm³/mol. The number of carbonyl (C=O) groups excluding carboxylic acids is 1. The fourth-order valence-corrected chi connectivity index (χ4v) is 3.61. The van der Waals surface area contributed by atoms with E-state index >= 15 is 0 Å². The molecule has 1 fully saturated rings. The summed E-state index contributed by atoms with van der Waals surface area (Å²) in [6.07, 6.45) is 4.16. The molecule has 1 amide bonds. The van der Waals surface area contributed by atoms with E-state index in [2.05, 4.69) is 29.7 Å². The van der Waals surface area contributed by atoms with E-state index in [4.69, 9.17) is 5.10 Å². The van der Waals surface area contributed by atoms with Crippen molar-refractivity contribution in [3.63, 3.8) is 0 Å². The number of hydrogen-bond acceptors (Lipinski definition) is 3. The average Bonchev–Trinajstić information content (AvgIpc) is 3.19. The van der Waals surface area contributed by atoms with Gasteiger partial charge in [0.25, 0.3) is 5.91 Å². The summed E-state index contributed by atoms with van der Waals surface area (Å²) in [5.74, 6) is 0.424. The Morgan fingerprint density at radius 1 is 1.18 bits per heavy atom. The minimum absolute atomic E-state index is 0.0669. The lowest BCUT2D eigenvalue weighted by atomic mass is 9.99. The number of aromatic nitrogens is 2. The van der Waals surface area contributed by atoms with Gasteiger partial charge in [0.1, 0.15) is 5.69 Å². The Morgan fingerprint density at radius 2 is 1.96 bits per heavy atom. The van der Waals surface area contributed by atoms with Crippen LogP contribution in [0, 0.1) is 12.8 Å². The molecule has 4 rings (SSSR count). The molecule has 0 spiro atoms. The predicted octanol–water partition coefficient (Wildman–Crippen LogP) is 3.58. The molecule has 0 bridgehead atoms. The van der Waals surface area contributed by atoms with Gasteiger partial charge in [0.05, 0.1) is 11.3 Å². The van der Waals surface area contributed by atoms with Gasteiger partial charge in [-0.2, -0.15) is 5.10 Å². The third-order valence-electron chi connectivity index (χ3n) is 5.25. The standard InChI is InChI=1S/C23H26N4O/c1-17-9-11-20(12-10-17)27-16-21(22(26-27)19-7-3-2-4-8-19)23(28)25-15-18-6-5-13-24-14-18/h2-4,7-12,16,18,24H,5-6,13-15H2,1H3,(H,25,28). The van der Waals surface area contributed by atoms with Gasteiger partial charge in [0.2, 0.25) is 0 Å². The normalized spacial score (nSPS) is 16.7. The molecular weight excluding hydrogens is 348 g/mol. The number of hydrogen-bond donors (Lipinski definition) is 2. The first-order valence-corrected chi connectivity index (χ1v) is 9.92. The third-order valence-corrected chi connectivity index (χ3v) is 5.25. The third kappa shape index (κ3) is 4.15. The van der Waals surface area contributed by atoms with Gasteiger partial charge in [0.15, 0.2) is 0 Å². The zero-order valence-corrected chi connectivity index (χ0v) is 16.2. The molecular formula is C23H26N4O. The van der Waals surface area contributed by atoms with E-state index in [9.17, 15) is 4.79 Å². The summed E-state index contributed by atoms with van der Waals surface area (Å²) in [6.45, 7) is 4.79. The number of benzene rings is 2. The molecule has 5 nitrogen and oxygen atoms in total. The van der Waals surface area contributed by atoms with Crippen LogP contribution in [-0.4, -0.2) is 35.3 Å². The molecule has 1 aliphatic rings. The van der Waals surface area contributed by atoms with E-state index in [1.165, 1.54) is 12.0 Å². The maximum atomic E-state index is 13.0. The van der Waals surface area contributed by atoms with Crippen LogP contribution in [0.25, 0.3) is 16.9 Å². The SMILES string of the molecule is Cc1ccc(-n2cc(C(=O)NCC3CCCNC3)c(-c3ccccc3)n2)cc1. The average molecular weight is 374 g/mol. The molecule has 5 heteroatoms. The number of piperidine rings is 1. The largest absolute Gasteiger partial charge is 0.352 e. The van der Waals surface area contributed by atoms with Crippen LogP contribution in [0.4, 0.5) is 0 Å². The highest BCUT2D eigenvalue weighted by atomic mass is 16.1. The Kier molecular flexibility index (Phi) is 5.53. The minimum Gasteiger partial charge on any atom is -0.352 e. The molecule has 0 saturated carbocycles. The monoisotopic (exact) mass is 374 g/mol. The first-order valence-electron chi connectivity index (χ1n) is 9.92. The Morgan fingerprint density at radius 3 is 2.68 bits per heavy atom. The number of aryl methyl sites for hydroxylation is 1. The summed E-state index contributed by atoms with van der Waals surface area (Å²) >= 11 is 0. The van der Waals surface area contributed by atoms with Gasteiger partial charge in [-0.3, -0.25) is 4.79 Å². The molecule has 0 aliphatic carbocycles. The lowest BCUT2D eigenvalue weighted by Gasteiger charge is -2.22. The Balaban J connectivity index is 1.62. The first-order chi connectivity index (χ1) is 13.7. The molecule has 2 aromatic carbocycles. The molecule has 3 aromatic rings. The summed E-state index contributed by atoms with van der Waals surface area (Å²) in [5.41, 5.74) is 4.39. The minimum atomic E-state index is -0.0669. The summed E-state index contributed by atoms with van der Waals surface area (Å²) in [5, 5.41) is 11.3. The summed E-state index contributed by atoms with van der Waals surface area (Å²) in [6, 6.07) is 18.0. The highest BCUT2D eigenvalue weighted by Crippen LogP contribution is 2.24. The molecule has 0 radical (unpaired) electrons. The van der Waals surface area contributed by atoms with Crippen molar-refractivity contribution >= 4 is 5.91 Å². The smallest absolute Gasteiger partial charge is 0.255 e. The molecule has 2 N–H and O–H groups in total. The summed E-state index contributed by atoms with van der Waals surface area (Å²) in [4.78, 5) is 13.0. The lowest BCUT2D eigenvalue weighted by Crippen LogP contribution is -2.38. The van der Waals surface area contributed by atoms with E-state index < -0.39 is 0 Å². The molecule has 1 unspecified atom stereocenters. The maximum Gasteiger partial charge on any atom is 0.255 e. The lowest BCUT2D eigenvalue weighted by molar-refractivity contribution is 0.0945. The van der Waals surface area contributed by atoms with Crippen LogP contribution in [0.2, 0.25) is 0 Å². The van der Waals surface area contributed by atoms with Gasteiger partial charge in [-0.15, -0.1) is 0 Å². The van der Waals surface area contributed by atoms with Crippen LogP contribution in [-0.2, 0) is 0 Å². The number of carbonyl (C=O) groups is 1. The zero-order chi connectivity index (χ0) is 19.3. The first kappa shape index (κ1) is 18.4. The summed E-state index contributed by atoms with van der Waals surface area (Å²) in [7, 11) is 0. The number of nitrogens with one attached hydrogen (secondary N) is 2. The van der Waals surface area contributed by atoms with E-state index in [1.54, 1.807) is 4.68 Å². The molecule has 144 valence electrons. The van der Waals surface area contributed by atoms with Crippen molar-refractivity contribution in [1.82, 2.24) is 20.4 Å². The quantitative estimate of drug-likeness (QED) is 0.718.